The van der Waals surface area contributed by atoms with Crippen LogP contribution in [0, 0.1) is 6.92 Å². The minimum atomic E-state index is 0.390. The summed E-state index contributed by atoms with van der Waals surface area (Å²) in [5.74, 6) is 1.67. The smallest absolute Gasteiger partial charge is 0.158 e. The van der Waals surface area contributed by atoms with Crippen LogP contribution in [0.5, 0.6) is 0 Å². The van der Waals surface area contributed by atoms with Crippen molar-refractivity contribution in [2.75, 3.05) is 0 Å². The molecule has 0 unspecified atom stereocenters. The zero-order chi connectivity index (χ0) is 10.8. The molecule has 0 saturated carbocycles. The number of imidazole rings is 1. The van der Waals surface area contributed by atoms with E-state index < -0.39 is 0 Å². The topological polar surface area (TPSA) is 43.6 Å². The summed E-state index contributed by atoms with van der Waals surface area (Å²) in [6.45, 7) is 4.00. The van der Waals surface area contributed by atoms with Gasteiger partial charge in [-0.3, -0.25) is 9.55 Å². The normalized spacial score (nSPS) is 10.6. The Hall–Kier alpha value is -1.42. The van der Waals surface area contributed by atoms with E-state index in [2.05, 4.69) is 21.9 Å². The molecule has 2 aromatic rings. The zero-order valence-corrected chi connectivity index (χ0v) is 9.36. The lowest BCUT2D eigenvalue weighted by molar-refractivity contribution is 0.860. The van der Waals surface area contributed by atoms with Crippen molar-refractivity contribution in [1.29, 1.82) is 0 Å². The lowest BCUT2D eigenvalue weighted by Gasteiger charge is -2.04. The highest BCUT2D eigenvalue weighted by molar-refractivity contribution is 6.29. The number of hydrogen-bond acceptors (Lipinski definition) is 3. The fourth-order valence-electron chi connectivity index (χ4n) is 1.44. The molecule has 0 aliphatic rings. The van der Waals surface area contributed by atoms with E-state index in [1.807, 2.05) is 17.7 Å². The van der Waals surface area contributed by atoms with E-state index in [9.17, 15) is 0 Å². The summed E-state index contributed by atoms with van der Waals surface area (Å²) >= 11 is 5.79. The molecular formula is C10H11ClN4. The third kappa shape index (κ3) is 1.99. The van der Waals surface area contributed by atoms with E-state index >= 15 is 0 Å². The minimum Gasteiger partial charge on any atom is -0.286 e. The molecule has 0 saturated heterocycles. The van der Waals surface area contributed by atoms with Crippen LogP contribution < -0.4 is 0 Å². The summed E-state index contributed by atoms with van der Waals surface area (Å²) in [6.07, 6.45) is 5.97. The Morgan fingerprint density at radius 2 is 2.13 bits per heavy atom. The fraction of sp³-hybridized carbons (Fsp3) is 0.300. The summed E-state index contributed by atoms with van der Waals surface area (Å²) in [7, 11) is 0. The number of hydrogen-bond donors (Lipinski definition) is 0. The first-order valence-electron chi connectivity index (χ1n) is 4.73. The number of rotatable bonds is 2. The first kappa shape index (κ1) is 10.1. The maximum Gasteiger partial charge on any atom is 0.158 e. The van der Waals surface area contributed by atoms with Gasteiger partial charge in [0, 0.05) is 12.6 Å². The van der Waals surface area contributed by atoms with Gasteiger partial charge in [-0.05, 0) is 6.92 Å². The van der Waals surface area contributed by atoms with Crippen LogP contribution in [0.2, 0.25) is 5.15 Å². The van der Waals surface area contributed by atoms with E-state index in [0.717, 1.165) is 17.9 Å². The second kappa shape index (κ2) is 3.98. The third-order valence-corrected chi connectivity index (χ3v) is 2.24. The van der Waals surface area contributed by atoms with Gasteiger partial charge in [0.05, 0.1) is 18.1 Å². The molecule has 2 rings (SSSR count). The average Bonchev–Trinajstić information content (AvgIpc) is 2.59. The lowest BCUT2D eigenvalue weighted by Crippen LogP contribution is -2.01. The predicted octanol–water partition coefficient (Wildman–Crippen LogP) is 2.19. The van der Waals surface area contributed by atoms with Crippen molar-refractivity contribution < 1.29 is 0 Å². The summed E-state index contributed by atoms with van der Waals surface area (Å²) in [6, 6.07) is 0. The SMILES string of the molecule is CCc1nc(C)cn1-c1cncc(Cl)n1. The van der Waals surface area contributed by atoms with Crippen molar-refractivity contribution >= 4 is 11.6 Å². The van der Waals surface area contributed by atoms with Crippen molar-refractivity contribution in [3.63, 3.8) is 0 Å². The molecule has 15 heavy (non-hydrogen) atoms. The van der Waals surface area contributed by atoms with E-state index in [1.165, 1.54) is 6.20 Å². The molecule has 0 aliphatic carbocycles. The highest BCUT2D eigenvalue weighted by Gasteiger charge is 2.07. The standard InChI is InChI=1S/C10H11ClN4/c1-3-9-13-7(2)6-15(9)10-5-12-4-8(11)14-10/h4-6H,3H2,1-2H3. The van der Waals surface area contributed by atoms with Crippen molar-refractivity contribution in [2.24, 2.45) is 0 Å². The molecule has 0 bridgehead atoms. The molecule has 2 aromatic heterocycles. The Morgan fingerprint density at radius 1 is 1.33 bits per heavy atom. The molecule has 0 atom stereocenters. The van der Waals surface area contributed by atoms with Crippen molar-refractivity contribution in [2.45, 2.75) is 20.3 Å². The summed E-state index contributed by atoms with van der Waals surface area (Å²) in [5, 5.41) is 0.390. The van der Waals surface area contributed by atoms with Crippen LogP contribution in [0.3, 0.4) is 0 Å². The maximum atomic E-state index is 5.79. The van der Waals surface area contributed by atoms with Gasteiger partial charge in [0.25, 0.3) is 0 Å². The highest BCUT2D eigenvalue weighted by Crippen LogP contribution is 2.12. The number of aryl methyl sites for hydroxylation is 2. The number of nitrogens with zero attached hydrogens (tertiary/aromatic N) is 4. The van der Waals surface area contributed by atoms with Crippen molar-refractivity contribution in [3.8, 4) is 5.82 Å². The Bertz CT molecular complexity index is 478. The van der Waals surface area contributed by atoms with Gasteiger partial charge >= 0.3 is 0 Å². The van der Waals surface area contributed by atoms with Gasteiger partial charge in [0.2, 0.25) is 0 Å². The second-order valence-electron chi connectivity index (χ2n) is 3.22. The Morgan fingerprint density at radius 3 is 2.80 bits per heavy atom. The molecule has 0 radical (unpaired) electrons. The quantitative estimate of drug-likeness (QED) is 0.783. The van der Waals surface area contributed by atoms with Gasteiger partial charge in [-0.25, -0.2) is 9.97 Å². The van der Waals surface area contributed by atoms with Gasteiger partial charge in [-0.1, -0.05) is 18.5 Å². The predicted molar refractivity (Wildman–Crippen MR) is 58.3 cm³/mol. The van der Waals surface area contributed by atoms with Crippen LogP contribution >= 0.6 is 11.6 Å². The van der Waals surface area contributed by atoms with E-state index in [0.29, 0.717) is 11.0 Å². The monoisotopic (exact) mass is 222 g/mol. The molecular weight excluding hydrogens is 212 g/mol. The van der Waals surface area contributed by atoms with E-state index in [1.54, 1.807) is 6.20 Å². The molecule has 0 aliphatic heterocycles. The van der Waals surface area contributed by atoms with Gasteiger partial charge in [-0.2, -0.15) is 0 Å². The van der Waals surface area contributed by atoms with Crippen molar-refractivity contribution in [3.05, 3.63) is 35.3 Å². The molecule has 0 spiro atoms. The van der Waals surface area contributed by atoms with E-state index in [4.69, 9.17) is 11.6 Å². The second-order valence-corrected chi connectivity index (χ2v) is 3.61. The maximum absolute atomic E-state index is 5.79. The minimum absolute atomic E-state index is 0.390. The molecule has 0 aromatic carbocycles. The Labute approximate surface area is 93.0 Å². The van der Waals surface area contributed by atoms with Crippen LogP contribution in [0.1, 0.15) is 18.4 Å². The molecule has 5 heteroatoms. The first-order valence-corrected chi connectivity index (χ1v) is 5.11. The lowest BCUT2D eigenvalue weighted by atomic mass is 10.4. The van der Waals surface area contributed by atoms with Crippen LogP contribution in [-0.4, -0.2) is 19.5 Å². The number of aromatic nitrogens is 4. The van der Waals surface area contributed by atoms with Crippen LogP contribution in [-0.2, 0) is 6.42 Å². The molecule has 2 heterocycles. The largest absolute Gasteiger partial charge is 0.286 e. The summed E-state index contributed by atoms with van der Waals surface area (Å²) < 4.78 is 1.91. The van der Waals surface area contributed by atoms with E-state index in [-0.39, 0.29) is 0 Å². The van der Waals surface area contributed by atoms with Gasteiger partial charge in [0.15, 0.2) is 5.82 Å². The fourth-order valence-corrected chi connectivity index (χ4v) is 1.59. The van der Waals surface area contributed by atoms with Crippen molar-refractivity contribution in [1.82, 2.24) is 19.5 Å². The van der Waals surface area contributed by atoms with Crippen LogP contribution in [0.25, 0.3) is 5.82 Å². The Balaban J connectivity index is 2.53. The highest BCUT2D eigenvalue weighted by atomic mass is 35.5. The van der Waals surface area contributed by atoms with Crippen LogP contribution in [0.4, 0.5) is 0 Å². The number of halogens is 1. The van der Waals surface area contributed by atoms with Crippen LogP contribution in [0.15, 0.2) is 18.6 Å². The Kier molecular flexibility index (Phi) is 2.68. The summed E-state index contributed by atoms with van der Waals surface area (Å²) in [4.78, 5) is 12.6. The third-order valence-electron chi connectivity index (χ3n) is 2.05. The van der Waals surface area contributed by atoms with Gasteiger partial charge in [-0.15, -0.1) is 0 Å². The molecule has 0 N–H and O–H groups in total. The molecule has 0 amide bonds. The van der Waals surface area contributed by atoms with Gasteiger partial charge in [0.1, 0.15) is 11.0 Å². The first-order chi connectivity index (χ1) is 7.20. The summed E-state index contributed by atoms with van der Waals surface area (Å²) in [5.41, 5.74) is 0.966. The zero-order valence-electron chi connectivity index (χ0n) is 8.61. The average molecular weight is 223 g/mol. The molecule has 0 fully saturated rings. The van der Waals surface area contributed by atoms with Gasteiger partial charge < -0.3 is 0 Å². The molecule has 4 nitrogen and oxygen atoms in total. The molecule has 78 valence electrons.